The molecule has 2 N–H and O–H groups in total. The molecular formula is C18H18N2O2S2. The van der Waals surface area contributed by atoms with Crippen molar-refractivity contribution in [2.75, 3.05) is 0 Å². The maximum Gasteiger partial charge on any atom is 0.268 e. The van der Waals surface area contributed by atoms with Crippen molar-refractivity contribution in [3.05, 3.63) is 49.3 Å². The molecule has 0 radical (unpaired) electrons. The van der Waals surface area contributed by atoms with Crippen LogP contribution in [0.15, 0.2) is 23.0 Å². The fraction of sp³-hybridized carbons (Fsp3) is 0.333. The number of hydrogen-bond donors (Lipinski definition) is 2. The van der Waals surface area contributed by atoms with Gasteiger partial charge in [-0.05, 0) is 67.6 Å². The SMILES string of the molecule is Cc1ccc(O)c(-n2c(=S)[nH]c3sc4c(c3c2=O)CCC(C)C4)c1. The average Bonchev–Trinajstić information content (AvgIpc) is 2.87. The van der Waals surface area contributed by atoms with Crippen molar-refractivity contribution in [2.45, 2.75) is 33.1 Å². The van der Waals surface area contributed by atoms with Crippen LogP contribution in [0.1, 0.15) is 29.3 Å². The molecule has 0 saturated heterocycles. The van der Waals surface area contributed by atoms with Crippen molar-refractivity contribution in [1.82, 2.24) is 9.55 Å². The largest absolute Gasteiger partial charge is 0.506 e. The molecule has 0 spiro atoms. The van der Waals surface area contributed by atoms with Gasteiger partial charge in [0.1, 0.15) is 10.6 Å². The van der Waals surface area contributed by atoms with E-state index in [1.807, 2.05) is 13.0 Å². The number of aromatic amines is 1. The molecule has 0 amide bonds. The molecule has 1 atom stereocenters. The van der Waals surface area contributed by atoms with Crippen LogP contribution in [-0.4, -0.2) is 14.7 Å². The van der Waals surface area contributed by atoms with Gasteiger partial charge in [0, 0.05) is 4.88 Å². The Bertz CT molecular complexity index is 1080. The Hall–Kier alpha value is -1.92. The molecule has 1 aliphatic carbocycles. The molecule has 3 aromatic rings. The fourth-order valence-corrected chi connectivity index (χ4v) is 5.20. The van der Waals surface area contributed by atoms with E-state index in [1.54, 1.807) is 23.5 Å². The van der Waals surface area contributed by atoms with Crippen LogP contribution in [0, 0.1) is 17.6 Å². The minimum Gasteiger partial charge on any atom is -0.506 e. The van der Waals surface area contributed by atoms with E-state index in [9.17, 15) is 9.90 Å². The van der Waals surface area contributed by atoms with Crippen LogP contribution in [0.25, 0.3) is 15.9 Å². The molecule has 4 rings (SSSR count). The van der Waals surface area contributed by atoms with Gasteiger partial charge in [-0.1, -0.05) is 13.0 Å². The summed E-state index contributed by atoms with van der Waals surface area (Å²) in [5, 5.41) is 10.9. The predicted octanol–water partition coefficient (Wildman–Crippen LogP) is 4.25. The zero-order chi connectivity index (χ0) is 17.0. The van der Waals surface area contributed by atoms with E-state index >= 15 is 0 Å². The molecule has 0 saturated carbocycles. The molecule has 0 bridgehead atoms. The summed E-state index contributed by atoms with van der Waals surface area (Å²) in [6.07, 6.45) is 3.05. The fourth-order valence-electron chi connectivity index (χ4n) is 3.45. The standard InChI is InChI=1S/C18H18N2O2S2/c1-9-4-6-13(21)12(7-9)20-17(22)15-11-5-3-10(2)8-14(11)24-16(15)19-18(20)23/h4,6-7,10,21H,3,5,8H2,1-2H3,(H,19,23). The van der Waals surface area contributed by atoms with Gasteiger partial charge in [-0.15, -0.1) is 11.3 Å². The number of aryl methyl sites for hydroxylation is 2. The van der Waals surface area contributed by atoms with Crippen LogP contribution in [0.4, 0.5) is 0 Å². The third-order valence-electron chi connectivity index (χ3n) is 4.72. The number of H-pyrrole nitrogens is 1. The lowest BCUT2D eigenvalue weighted by molar-refractivity contribution is 0.471. The number of benzene rings is 1. The summed E-state index contributed by atoms with van der Waals surface area (Å²) >= 11 is 7.06. The van der Waals surface area contributed by atoms with Crippen LogP contribution in [0.2, 0.25) is 0 Å². The molecule has 1 aromatic carbocycles. The van der Waals surface area contributed by atoms with E-state index in [-0.39, 0.29) is 11.3 Å². The molecule has 0 fully saturated rings. The number of phenolic OH excluding ortho intramolecular Hbond substituents is 1. The van der Waals surface area contributed by atoms with Crippen molar-refractivity contribution in [3.8, 4) is 11.4 Å². The number of phenols is 1. The Kier molecular flexibility index (Phi) is 3.62. The lowest BCUT2D eigenvalue weighted by Crippen LogP contribution is -2.21. The van der Waals surface area contributed by atoms with E-state index in [0.717, 1.165) is 40.6 Å². The smallest absolute Gasteiger partial charge is 0.268 e. The minimum absolute atomic E-state index is 0.0549. The van der Waals surface area contributed by atoms with Gasteiger partial charge in [-0.3, -0.25) is 4.79 Å². The summed E-state index contributed by atoms with van der Waals surface area (Å²) in [7, 11) is 0. The first kappa shape index (κ1) is 15.6. The van der Waals surface area contributed by atoms with Crippen LogP contribution >= 0.6 is 23.6 Å². The van der Waals surface area contributed by atoms with Gasteiger partial charge in [0.05, 0.1) is 11.1 Å². The van der Waals surface area contributed by atoms with E-state index in [0.29, 0.717) is 16.4 Å². The first-order valence-corrected chi connectivity index (χ1v) is 9.27. The Balaban J connectivity index is 2.06. The van der Waals surface area contributed by atoms with Crippen LogP contribution in [0.3, 0.4) is 0 Å². The number of hydrogen-bond acceptors (Lipinski definition) is 4. The number of aromatic nitrogens is 2. The summed E-state index contributed by atoms with van der Waals surface area (Å²) in [5.41, 5.74) is 2.42. The first-order valence-electron chi connectivity index (χ1n) is 8.05. The summed E-state index contributed by atoms with van der Waals surface area (Å²) < 4.78 is 1.74. The zero-order valence-corrected chi connectivity index (χ0v) is 15.2. The Morgan fingerprint density at radius 3 is 3.00 bits per heavy atom. The molecule has 2 aromatic heterocycles. The molecule has 0 aliphatic heterocycles. The lowest BCUT2D eigenvalue weighted by atomic mass is 9.89. The summed E-state index contributed by atoms with van der Waals surface area (Å²) in [5.74, 6) is 0.704. The summed E-state index contributed by atoms with van der Waals surface area (Å²) in [4.78, 5) is 18.5. The van der Waals surface area contributed by atoms with Gasteiger partial charge >= 0.3 is 0 Å². The second-order valence-corrected chi connectivity index (χ2v) is 8.11. The van der Waals surface area contributed by atoms with Gasteiger partial charge in [0.15, 0.2) is 4.77 Å². The molecule has 6 heteroatoms. The number of fused-ring (bicyclic) bond motifs is 3. The molecule has 1 unspecified atom stereocenters. The van der Waals surface area contributed by atoms with E-state index < -0.39 is 0 Å². The van der Waals surface area contributed by atoms with Crippen LogP contribution < -0.4 is 5.56 Å². The highest BCUT2D eigenvalue weighted by atomic mass is 32.1. The first-order chi connectivity index (χ1) is 11.5. The highest BCUT2D eigenvalue weighted by Crippen LogP contribution is 2.36. The van der Waals surface area contributed by atoms with Crippen molar-refractivity contribution in [2.24, 2.45) is 5.92 Å². The maximum atomic E-state index is 13.2. The third kappa shape index (κ3) is 2.32. The zero-order valence-electron chi connectivity index (χ0n) is 13.5. The van der Waals surface area contributed by atoms with Crippen molar-refractivity contribution in [3.63, 3.8) is 0 Å². The molecule has 24 heavy (non-hydrogen) atoms. The number of nitrogens with zero attached hydrogens (tertiary/aromatic N) is 1. The van der Waals surface area contributed by atoms with Crippen molar-refractivity contribution < 1.29 is 5.11 Å². The van der Waals surface area contributed by atoms with Gasteiger partial charge in [0.2, 0.25) is 0 Å². The second kappa shape index (κ2) is 5.57. The molecule has 124 valence electrons. The van der Waals surface area contributed by atoms with E-state index in [4.69, 9.17) is 12.2 Å². The summed E-state index contributed by atoms with van der Waals surface area (Å²) in [6, 6.07) is 5.19. The van der Waals surface area contributed by atoms with Crippen LogP contribution in [0.5, 0.6) is 5.75 Å². The highest BCUT2D eigenvalue weighted by Gasteiger charge is 2.24. The monoisotopic (exact) mass is 358 g/mol. The molecule has 1 aliphatic rings. The Morgan fingerprint density at radius 2 is 2.21 bits per heavy atom. The van der Waals surface area contributed by atoms with Crippen molar-refractivity contribution in [1.29, 1.82) is 0 Å². The predicted molar refractivity (Wildman–Crippen MR) is 100 cm³/mol. The van der Waals surface area contributed by atoms with Gasteiger partial charge in [-0.25, -0.2) is 4.57 Å². The van der Waals surface area contributed by atoms with Crippen LogP contribution in [-0.2, 0) is 12.8 Å². The Labute approximate surface area is 148 Å². The van der Waals surface area contributed by atoms with Gasteiger partial charge in [-0.2, -0.15) is 0 Å². The number of rotatable bonds is 1. The number of nitrogens with one attached hydrogen (secondary N) is 1. The molecule has 4 nitrogen and oxygen atoms in total. The third-order valence-corrected chi connectivity index (χ3v) is 6.18. The number of aromatic hydroxyl groups is 1. The summed E-state index contributed by atoms with van der Waals surface area (Å²) in [6.45, 7) is 4.17. The van der Waals surface area contributed by atoms with Gasteiger partial charge < -0.3 is 10.1 Å². The molecular weight excluding hydrogens is 340 g/mol. The Morgan fingerprint density at radius 1 is 1.42 bits per heavy atom. The highest BCUT2D eigenvalue weighted by molar-refractivity contribution is 7.71. The van der Waals surface area contributed by atoms with Gasteiger partial charge in [0.25, 0.3) is 5.56 Å². The number of thiophene rings is 1. The maximum absolute atomic E-state index is 13.2. The second-order valence-electron chi connectivity index (χ2n) is 6.62. The van der Waals surface area contributed by atoms with E-state index in [2.05, 4.69) is 11.9 Å². The topological polar surface area (TPSA) is 58.0 Å². The normalized spacial score (nSPS) is 17.2. The lowest BCUT2D eigenvalue weighted by Gasteiger charge is -2.17. The average molecular weight is 358 g/mol. The van der Waals surface area contributed by atoms with E-state index in [1.165, 1.54) is 9.44 Å². The van der Waals surface area contributed by atoms with Crippen molar-refractivity contribution >= 4 is 33.8 Å². The minimum atomic E-state index is -0.137. The quantitative estimate of drug-likeness (QED) is 0.640. The molecule has 2 heterocycles.